The van der Waals surface area contributed by atoms with E-state index in [1.165, 1.54) is 5.56 Å². The minimum absolute atomic E-state index is 0.0925. The Morgan fingerprint density at radius 1 is 1.19 bits per heavy atom. The van der Waals surface area contributed by atoms with Crippen LogP contribution in [-0.2, 0) is 4.84 Å². The van der Waals surface area contributed by atoms with E-state index >= 15 is 0 Å². The number of hydrogen-bond acceptors (Lipinski definition) is 4. The molecule has 1 unspecified atom stereocenters. The molecular formula is C21H26N2O3S. The second-order valence-electron chi connectivity index (χ2n) is 6.85. The molecule has 6 heteroatoms. The summed E-state index contributed by atoms with van der Waals surface area (Å²) < 4.78 is 0. The molecule has 0 spiro atoms. The molecule has 5 nitrogen and oxygen atoms in total. The van der Waals surface area contributed by atoms with Crippen molar-refractivity contribution in [1.82, 2.24) is 5.48 Å². The molecule has 3 N–H and O–H groups in total. The largest absolute Gasteiger partial charge is 0.394 e. The number of hydrogen-bond donors (Lipinski definition) is 3. The first-order valence-corrected chi connectivity index (χ1v) is 10.1. The van der Waals surface area contributed by atoms with E-state index in [4.69, 9.17) is 4.84 Å². The first kappa shape index (κ1) is 19.7. The van der Waals surface area contributed by atoms with Crippen molar-refractivity contribution in [2.45, 2.75) is 48.5 Å². The lowest BCUT2D eigenvalue weighted by Gasteiger charge is -2.21. The highest BCUT2D eigenvalue weighted by Crippen LogP contribution is 2.33. The summed E-state index contributed by atoms with van der Waals surface area (Å²) in [4.78, 5) is 19.8. The van der Waals surface area contributed by atoms with E-state index in [-0.39, 0.29) is 12.7 Å². The predicted octanol–water partition coefficient (Wildman–Crippen LogP) is 4.75. The van der Waals surface area contributed by atoms with Gasteiger partial charge >= 0.3 is 6.03 Å². The summed E-state index contributed by atoms with van der Waals surface area (Å²) in [6.07, 6.45) is 4.02. The fourth-order valence-corrected chi connectivity index (χ4v) is 4.18. The van der Waals surface area contributed by atoms with E-state index in [0.29, 0.717) is 11.6 Å². The van der Waals surface area contributed by atoms with Gasteiger partial charge in [0, 0.05) is 9.79 Å². The maximum atomic E-state index is 12.3. The number of amides is 2. The summed E-state index contributed by atoms with van der Waals surface area (Å²) >= 11 is 1.59. The molecule has 144 valence electrons. The number of aliphatic hydroxyl groups is 1. The van der Waals surface area contributed by atoms with E-state index in [1.807, 2.05) is 24.3 Å². The Labute approximate surface area is 164 Å². The van der Waals surface area contributed by atoms with Crippen molar-refractivity contribution in [2.24, 2.45) is 5.92 Å². The van der Waals surface area contributed by atoms with Crippen LogP contribution in [0.3, 0.4) is 0 Å². The number of para-hydroxylation sites is 1. The molecule has 1 aliphatic rings. The van der Waals surface area contributed by atoms with Crippen molar-refractivity contribution in [3.8, 4) is 0 Å². The Bertz CT molecular complexity index is 745. The Kier molecular flexibility index (Phi) is 7.15. The molecule has 0 aromatic heterocycles. The zero-order valence-corrected chi connectivity index (χ0v) is 16.3. The summed E-state index contributed by atoms with van der Waals surface area (Å²) in [5.74, 6) is 0.305. The molecule has 0 radical (unpaired) electrons. The molecular weight excluding hydrogens is 360 g/mol. The van der Waals surface area contributed by atoms with Gasteiger partial charge in [-0.25, -0.2) is 10.3 Å². The van der Waals surface area contributed by atoms with E-state index in [9.17, 15) is 9.90 Å². The molecule has 2 aromatic carbocycles. The third-order valence-electron chi connectivity index (χ3n) is 4.79. The fourth-order valence-electron chi connectivity index (χ4n) is 3.28. The first-order chi connectivity index (χ1) is 13.2. The van der Waals surface area contributed by atoms with Crippen LogP contribution in [0.25, 0.3) is 0 Å². The van der Waals surface area contributed by atoms with Crippen molar-refractivity contribution < 1.29 is 14.7 Å². The Hall–Kier alpha value is -2.02. The lowest BCUT2D eigenvalue weighted by atomic mass is 10.0. The van der Waals surface area contributed by atoms with Crippen molar-refractivity contribution in [2.75, 3.05) is 11.9 Å². The van der Waals surface area contributed by atoms with Crippen LogP contribution in [0, 0.1) is 12.8 Å². The third kappa shape index (κ3) is 5.73. The number of rotatable bonds is 7. The monoisotopic (exact) mass is 386 g/mol. The number of aliphatic hydroxyl groups excluding tert-OH is 1. The molecule has 0 aliphatic heterocycles. The van der Waals surface area contributed by atoms with Gasteiger partial charge in [0.15, 0.2) is 0 Å². The number of aryl methyl sites for hydroxylation is 1. The molecule has 3 rings (SSSR count). The second kappa shape index (κ2) is 9.78. The summed E-state index contributed by atoms with van der Waals surface area (Å²) in [6.45, 7) is 1.96. The highest BCUT2D eigenvalue weighted by atomic mass is 32.2. The maximum Gasteiger partial charge on any atom is 0.343 e. The molecule has 1 saturated carbocycles. The van der Waals surface area contributed by atoms with Crippen LogP contribution in [0.1, 0.15) is 31.2 Å². The van der Waals surface area contributed by atoms with Crippen LogP contribution in [0.15, 0.2) is 58.3 Å². The Balaban J connectivity index is 1.58. The van der Waals surface area contributed by atoms with Gasteiger partial charge < -0.3 is 10.4 Å². The topological polar surface area (TPSA) is 70.6 Å². The molecule has 1 aliphatic carbocycles. The minimum atomic E-state index is -0.441. The van der Waals surface area contributed by atoms with Crippen LogP contribution < -0.4 is 10.8 Å². The van der Waals surface area contributed by atoms with Crippen LogP contribution in [0.5, 0.6) is 0 Å². The normalized spacial score (nSPS) is 15.5. The van der Waals surface area contributed by atoms with Crippen LogP contribution in [-0.4, -0.2) is 23.8 Å². The fraction of sp³-hybridized carbons (Fsp3) is 0.381. The van der Waals surface area contributed by atoms with Crippen LogP contribution in [0.2, 0.25) is 0 Å². The van der Waals surface area contributed by atoms with Gasteiger partial charge in [-0.2, -0.15) is 0 Å². The number of nitrogens with one attached hydrogen (secondary N) is 2. The molecule has 27 heavy (non-hydrogen) atoms. The Morgan fingerprint density at radius 2 is 1.89 bits per heavy atom. The lowest BCUT2D eigenvalue weighted by Crippen LogP contribution is -2.37. The average molecular weight is 387 g/mol. The van der Waals surface area contributed by atoms with E-state index in [1.54, 1.807) is 11.8 Å². The molecule has 2 aromatic rings. The predicted molar refractivity (Wildman–Crippen MR) is 108 cm³/mol. The quantitative estimate of drug-likeness (QED) is 0.601. The summed E-state index contributed by atoms with van der Waals surface area (Å²) in [5, 5.41) is 12.4. The molecule has 0 saturated heterocycles. The number of hydroxylamine groups is 1. The summed E-state index contributed by atoms with van der Waals surface area (Å²) in [5.41, 5.74) is 4.36. The average Bonchev–Trinajstić information content (AvgIpc) is 3.20. The second-order valence-corrected chi connectivity index (χ2v) is 7.97. The van der Waals surface area contributed by atoms with Crippen LogP contribution >= 0.6 is 11.8 Å². The van der Waals surface area contributed by atoms with Gasteiger partial charge in [-0.15, -0.1) is 0 Å². The van der Waals surface area contributed by atoms with E-state index < -0.39 is 6.03 Å². The highest BCUT2D eigenvalue weighted by molar-refractivity contribution is 7.99. The molecule has 2 amide bonds. The molecule has 1 atom stereocenters. The lowest BCUT2D eigenvalue weighted by molar-refractivity contribution is -0.0593. The zero-order chi connectivity index (χ0) is 19.1. The minimum Gasteiger partial charge on any atom is -0.394 e. The van der Waals surface area contributed by atoms with Gasteiger partial charge in [0.05, 0.1) is 12.3 Å². The third-order valence-corrected chi connectivity index (χ3v) is 5.88. The maximum absolute atomic E-state index is 12.3. The van der Waals surface area contributed by atoms with Crippen LogP contribution in [0.4, 0.5) is 10.5 Å². The summed E-state index contributed by atoms with van der Waals surface area (Å²) in [6, 6.07) is 15.5. The van der Waals surface area contributed by atoms with E-state index in [0.717, 1.165) is 35.5 Å². The highest BCUT2D eigenvalue weighted by Gasteiger charge is 2.26. The van der Waals surface area contributed by atoms with Gasteiger partial charge in [-0.3, -0.25) is 4.84 Å². The summed E-state index contributed by atoms with van der Waals surface area (Å²) in [7, 11) is 0. The standard InChI is InChI=1S/C21H26N2O3S/c1-15-10-12-17(13-11-15)27-20-9-5-4-8-18(20)22-21(25)23-26-19(14-24)16-6-2-3-7-16/h4-5,8-13,16,19,24H,2-3,6-7,14H2,1H3,(H2,22,23,25). The number of carbonyl (C=O) groups is 1. The number of carbonyl (C=O) groups excluding carboxylic acids is 1. The molecule has 0 heterocycles. The van der Waals surface area contributed by atoms with Gasteiger partial charge in [-0.1, -0.05) is 54.4 Å². The zero-order valence-electron chi connectivity index (χ0n) is 15.5. The number of urea groups is 1. The molecule has 0 bridgehead atoms. The van der Waals surface area contributed by atoms with Gasteiger partial charge in [0.1, 0.15) is 6.10 Å². The van der Waals surface area contributed by atoms with Crippen molar-refractivity contribution in [3.63, 3.8) is 0 Å². The van der Waals surface area contributed by atoms with Crippen molar-refractivity contribution in [3.05, 3.63) is 54.1 Å². The van der Waals surface area contributed by atoms with Gasteiger partial charge in [0.25, 0.3) is 0 Å². The van der Waals surface area contributed by atoms with Crippen molar-refractivity contribution >= 4 is 23.5 Å². The smallest absolute Gasteiger partial charge is 0.343 e. The van der Waals surface area contributed by atoms with Crippen molar-refractivity contribution in [1.29, 1.82) is 0 Å². The SMILES string of the molecule is Cc1ccc(Sc2ccccc2NC(=O)NOC(CO)C2CCCC2)cc1. The number of benzene rings is 2. The Morgan fingerprint density at radius 3 is 2.59 bits per heavy atom. The van der Waals surface area contributed by atoms with Gasteiger partial charge in [0.2, 0.25) is 0 Å². The first-order valence-electron chi connectivity index (χ1n) is 9.33. The number of anilines is 1. The van der Waals surface area contributed by atoms with Gasteiger partial charge in [-0.05, 0) is 49.9 Å². The molecule has 1 fully saturated rings. The van der Waals surface area contributed by atoms with E-state index in [2.05, 4.69) is 42.0 Å².